The van der Waals surface area contributed by atoms with Gasteiger partial charge >= 0.3 is 0 Å². The second-order valence-electron chi connectivity index (χ2n) is 5.07. The summed E-state index contributed by atoms with van der Waals surface area (Å²) in [6.45, 7) is 0.493. The first-order valence-corrected chi connectivity index (χ1v) is 8.89. The second-order valence-corrected chi connectivity index (χ2v) is 6.90. The molecular formula is C17H13N3OS2. The Kier molecular flexibility index (Phi) is 3.69. The van der Waals surface area contributed by atoms with E-state index in [-0.39, 0.29) is 5.91 Å². The van der Waals surface area contributed by atoms with E-state index in [2.05, 4.69) is 32.8 Å². The van der Waals surface area contributed by atoms with Crippen LogP contribution in [0.2, 0.25) is 0 Å². The maximum absolute atomic E-state index is 12.3. The van der Waals surface area contributed by atoms with Crippen molar-refractivity contribution in [2.24, 2.45) is 0 Å². The molecule has 3 aromatic heterocycles. The van der Waals surface area contributed by atoms with Crippen LogP contribution in [-0.4, -0.2) is 15.9 Å². The van der Waals surface area contributed by atoms with Crippen LogP contribution in [0.25, 0.3) is 20.8 Å². The molecule has 4 aromatic rings. The lowest BCUT2D eigenvalue weighted by molar-refractivity contribution is 0.0947. The van der Waals surface area contributed by atoms with Gasteiger partial charge in [0.2, 0.25) is 0 Å². The van der Waals surface area contributed by atoms with Crippen molar-refractivity contribution in [1.29, 1.82) is 0 Å². The summed E-state index contributed by atoms with van der Waals surface area (Å²) < 4.78 is 0.995. The van der Waals surface area contributed by atoms with Crippen LogP contribution in [0.5, 0.6) is 0 Å². The number of aromatic nitrogens is 2. The third-order valence-corrected chi connectivity index (χ3v) is 5.29. The highest BCUT2D eigenvalue weighted by atomic mass is 32.1. The molecule has 0 unspecified atom stereocenters. The molecule has 0 saturated heterocycles. The Bertz CT molecular complexity index is 925. The summed E-state index contributed by atoms with van der Waals surface area (Å²) in [5, 5.41) is 5.04. The number of amides is 1. The number of aromatic amines is 1. The Balaban J connectivity index is 1.53. The lowest BCUT2D eigenvalue weighted by atomic mass is 10.1. The molecule has 0 aliphatic carbocycles. The van der Waals surface area contributed by atoms with Gasteiger partial charge in [0.05, 0.1) is 10.2 Å². The molecule has 0 fully saturated rings. The van der Waals surface area contributed by atoms with Gasteiger partial charge in [-0.2, -0.15) is 0 Å². The maximum Gasteiger partial charge on any atom is 0.268 e. The van der Waals surface area contributed by atoms with Crippen molar-refractivity contribution in [3.05, 3.63) is 64.6 Å². The lowest BCUT2D eigenvalue weighted by Gasteiger charge is -2.09. The largest absolute Gasteiger partial charge is 0.347 e. The van der Waals surface area contributed by atoms with E-state index in [1.807, 2.05) is 30.3 Å². The quantitative estimate of drug-likeness (QED) is 0.583. The van der Waals surface area contributed by atoms with Crippen molar-refractivity contribution in [2.75, 3.05) is 0 Å². The first-order valence-electron chi connectivity index (χ1n) is 7.13. The van der Waals surface area contributed by atoms with Crippen molar-refractivity contribution >= 4 is 38.9 Å². The fraction of sp³-hybridized carbons (Fsp3) is 0.0588. The number of thiophene rings is 1. The van der Waals surface area contributed by atoms with Crippen LogP contribution in [0, 0.1) is 0 Å². The highest BCUT2D eigenvalue weighted by molar-refractivity contribution is 7.16. The van der Waals surface area contributed by atoms with Crippen LogP contribution in [0.3, 0.4) is 0 Å². The molecule has 0 saturated carbocycles. The zero-order chi connectivity index (χ0) is 15.6. The van der Waals surface area contributed by atoms with Crippen molar-refractivity contribution in [3.8, 4) is 10.4 Å². The third kappa shape index (κ3) is 2.78. The van der Waals surface area contributed by atoms with Crippen LogP contribution in [-0.2, 0) is 6.54 Å². The SMILES string of the molecule is O=C(NCc1ccccc1-c1cccs1)c1cc2scnc2[nH]1. The number of benzene rings is 1. The molecule has 4 rings (SSSR count). The Hall–Kier alpha value is -2.44. The minimum atomic E-state index is -0.115. The summed E-state index contributed by atoms with van der Waals surface area (Å²) in [6, 6.07) is 14.1. The average Bonchev–Trinajstić information content (AvgIpc) is 3.28. The van der Waals surface area contributed by atoms with Crippen molar-refractivity contribution in [2.45, 2.75) is 6.54 Å². The van der Waals surface area contributed by atoms with E-state index >= 15 is 0 Å². The molecule has 2 N–H and O–H groups in total. The fourth-order valence-corrected chi connectivity index (χ4v) is 3.95. The Morgan fingerprint density at radius 3 is 2.91 bits per heavy atom. The van der Waals surface area contributed by atoms with Gasteiger partial charge < -0.3 is 10.3 Å². The fourth-order valence-electron chi connectivity index (χ4n) is 2.49. The predicted molar refractivity (Wildman–Crippen MR) is 94.9 cm³/mol. The summed E-state index contributed by atoms with van der Waals surface area (Å²) in [5.74, 6) is -0.115. The van der Waals surface area contributed by atoms with Crippen molar-refractivity contribution in [1.82, 2.24) is 15.3 Å². The van der Waals surface area contributed by atoms with Gasteiger partial charge in [0.15, 0.2) is 0 Å². The van der Waals surface area contributed by atoms with Gasteiger partial charge in [-0.25, -0.2) is 4.98 Å². The van der Waals surface area contributed by atoms with E-state index in [9.17, 15) is 4.79 Å². The van der Waals surface area contributed by atoms with Gasteiger partial charge in [-0.15, -0.1) is 22.7 Å². The number of hydrogen-bond donors (Lipinski definition) is 2. The van der Waals surface area contributed by atoms with Gasteiger partial charge in [0, 0.05) is 11.4 Å². The summed E-state index contributed by atoms with van der Waals surface area (Å²) in [6.07, 6.45) is 0. The Labute approximate surface area is 140 Å². The molecule has 0 atom stereocenters. The van der Waals surface area contributed by atoms with Gasteiger partial charge in [-0.3, -0.25) is 4.79 Å². The van der Waals surface area contributed by atoms with E-state index in [0.29, 0.717) is 12.2 Å². The van der Waals surface area contributed by atoms with E-state index in [1.54, 1.807) is 16.8 Å². The number of thiazole rings is 1. The third-order valence-electron chi connectivity index (χ3n) is 3.61. The number of rotatable bonds is 4. The van der Waals surface area contributed by atoms with Gasteiger partial charge in [0.25, 0.3) is 5.91 Å². The van der Waals surface area contributed by atoms with Crippen LogP contribution in [0.4, 0.5) is 0 Å². The zero-order valence-corrected chi connectivity index (χ0v) is 13.7. The Morgan fingerprint density at radius 1 is 1.17 bits per heavy atom. The highest BCUT2D eigenvalue weighted by Gasteiger charge is 2.12. The number of nitrogens with one attached hydrogen (secondary N) is 2. The van der Waals surface area contributed by atoms with Gasteiger partial charge in [0.1, 0.15) is 11.3 Å². The molecule has 1 amide bonds. The smallest absolute Gasteiger partial charge is 0.268 e. The molecule has 3 heterocycles. The number of nitrogens with zero attached hydrogens (tertiary/aromatic N) is 1. The van der Waals surface area contributed by atoms with E-state index in [0.717, 1.165) is 21.5 Å². The molecule has 0 aliphatic rings. The zero-order valence-electron chi connectivity index (χ0n) is 12.1. The van der Waals surface area contributed by atoms with Crippen LogP contribution in [0.1, 0.15) is 16.1 Å². The molecule has 6 heteroatoms. The van der Waals surface area contributed by atoms with E-state index in [1.165, 1.54) is 16.2 Å². The summed E-state index contributed by atoms with van der Waals surface area (Å²) in [7, 11) is 0. The number of carbonyl (C=O) groups excluding carboxylic acids is 1. The number of H-pyrrole nitrogens is 1. The summed E-state index contributed by atoms with van der Waals surface area (Å²) >= 11 is 3.22. The van der Waals surface area contributed by atoms with Crippen LogP contribution in [0.15, 0.2) is 53.4 Å². The number of carbonyl (C=O) groups is 1. The molecule has 4 nitrogen and oxygen atoms in total. The van der Waals surface area contributed by atoms with Crippen molar-refractivity contribution in [3.63, 3.8) is 0 Å². The summed E-state index contributed by atoms with van der Waals surface area (Å²) in [5.41, 5.74) is 5.35. The first-order chi connectivity index (χ1) is 11.3. The van der Waals surface area contributed by atoms with E-state index < -0.39 is 0 Å². The topological polar surface area (TPSA) is 57.8 Å². The van der Waals surface area contributed by atoms with Gasteiger partial charge in [-0.1, -0.05) is 30.3 Å². The molecule has 1 aromatic carbocycles. The molecular weight excluding hydrogens is 326 g/mol. The standard InChI is InChI=1S/C17H13N3OS2/c21-17(13-8-15-16(20-13)19-10-23-15)18-9-11-4-1-2-5-12(11)14-6-3-7-22-14/h1-8,10,20H,9H2,(H,18,21). The molecule has 0 radical (unpaired) electrons. The van der Waals surface area contributed by atoms with Gasteiger partial charge in [-0.05, 0) is 28.6 Å². The first kappa shape index (κ1) is 14.2. The van der Waals surface area contributed by atoms with E-state index in [4.69, 9.17) is 0 Å². The number of hydrogen-bond acceptors (Lipinski definition) is 4. The maximum atomic E-state index is 12.3. The molecule has 0 aliphatic heterocycles. The predicted octanol–water partition coefficient (Wildman–Crippen LogP) is 4.28. The molecule has 23 heavy (non-hydrogen) atoms. The van der Waals surface area contributed by atoms with Crippen molar-refractivity contribution < 1.29 is 4.79 Å². The monoisotopic (exact) mass is 339 g/mol. The average molecular weight is 339 g/mol. The highest BCUT2D eigenvalue weighted by Crippen LogP contribution is 2.28. The second kappa shape index (κ2) is 5.98. The summed E-state index contributed by atoms with van der Waals surface area (Å²) in [4.78, 5) is 20.7. The number of fused-ring (bicyclic) bond motifs is 1. The molecule has 0 spiro atoms. The normalized spacial score (nSPS) is 11.0. The minimum absolute atomic E-state index is 0.115. The molecule has 114 valence electrons. The minimum Gasteiger partial charge on any atom is -0.347 e. The van der Waals surface area contributed by atoms with Crippen LogP contribution >= 0.6 is 22.7 Å². The van der Waals surface area contributed by atoms with Crippen LogP contribution < -0.4 is 5.32 Å². The Morgan fingerprint density at radius 2 is 2.09 bits per heavy atom. The lowest BCUT2D eigenvalue weighted by Crippen LogP contribution is -2.23. The molecule has 0 bridgehead atoms.